The Bertz CT molecular complexity index is 538. The van der Waals surface area contributed by atoms with E-state index in [1.807, 2.05) is 12.1 Å². The minimum atomic E-state index is -0.0413. The number of hydrogen-bond donors (Lipinski definition) is 2. The van der Waals surface area contributed by atoms with Crippen LogP contribution >= 0.6 is 0 Å². The van der Waals surface area contributed by atoms with Gasteiger partial charge < -0.3 is 20.1 Å². The number of fused-ring (bicyclic) bond motifs is 1. The first kappa shape index (κ1) is 14.2. The van der Waals surface area contributed by atoms with Crippen molar-refractivity contribution in [1.29, 1.82) is 0 Å². The van der Waals surface area contributed by atoms with E-state index >= 15 is 0 Å². The second-order valence-electron chi connectivity index (χ2n) is 6.26. The van der Waals surface area contributed by atoms with Crippen LogP contribution in [0.1, 0.15) is 26.7 Å². The van der Waals surface area contributed by atoms with Gasteiger partial charge in [0.05, 0.1) is 6.54 Å². The molecular formula is C16H22N2O3. The highest BCUT2D eigenvalue weighted by Gasteiger charge is 2.37. The highest BCUT2D eigenvalue weighted by atomic mass is 16.6. The summed E-state index contributed by atoms with van der Waals surface area (Å²) in [6.45, 7) is 5.74. The van der Waals surface area contributed by atoms with Gasteiger partial charge in [0.15, 0.2) is 11.5 Å². The summed E-state index contributed by atoms with van der Waals surface area (Å²) in [5, 5.41) is 6.22. The van der Waals surface area contributed by atoms with E-state index in [2.05, 4.69) is 24.5 Å². The third-order valence-electron chi connectivity index (χ3n) is 4.13. The smallest absolute Gasteiger partial charge is 0.238 e. The monoisotopic (exact) mass is 290 g/mol. The van der Waals surface area contributed by atoms with Gasteiger partial charge in [0.1, 0.15) is 13.2 Å². The van der Waals surface area contributed by atoms with Crippen LogP contribution in [0.4, 0.5) is 5.69 Å². The van der Waals surface area contributed by atoms with Gasteiger partial charge >= 0.3 is 0 Å². The zero-order valence-corrected chi connectivity index (χ0v) is 12.6. The summed E-state index contributed by atoms with van der Waals surface area (Å²) in [6.07, 6.45) is 2.51. The standard InChI is InChI=1S/C16H22N2O3/c1-16(2,11-3-4-11)17-10-15(19)18-12-5-6-13-14(9-12)21-8-7-20-13/h5-6,9,11,17H,3-4,7-8,10H2,1-2H3,(H,18,19). The van der Waals surface area contributed by atoms with E-state index in [-0.39, 0.29) is 11.4 Å². The molecule has 0 aromatic heterocycles. The first-order chi connectivity index (χ1) is 10.0. The zero-order chi connectivity index (χ0) is 14.9. The van der Waals surface area contributed by atoms with Gasteiger partial charge in [0.25, 0.3) is 0 Å². The minimum absolute atomic E-state index is 0.0319. The average molecular weight is 290 g/mol. The van der Waals surface area contributed by atoms with E-state index in [0.29, 0.717) is 31.4 Å². The Morgan fingerprint density at radius 1 is 1.24 bits per heavy atom. The van der Waals surface area contributed by atoms with Crippen molar-refractivity contribution in [3.05, 3.63) is 18.2 Å². The number of amides is 1. The molecule has 0 atom stereocenters. The summed E-state index contributed by atoms with van der Waals surface area (Å²) >= 11 is 0. The Morgan fingerprint density at radius 3 is 2.67 bits per heavy atom. The minimum Gasteiger partial charge on any atom is -0.486 e. The lowest BCUT2D eigenvalue weighted by Crippen LogP contribution is -2.45. The van der Waals surface area contributed by atoms with Crippen molar-refractivity contribution in [2.75, 3.05) is 25.1 Å². The third kappa shape index (κ3) is 3.47. The van der Waals surface area contributed by atoms with E-state index < -0.39 is 0 Å². The quantitative estimate of drug-likeness (QED) is 0.872. The van der Waals surface area contributed by atoms with Crippen LogP contribution in [0, 0.1) is 5.92 Å². The van der Waals surface area contributed by atoms with Crippen molar-refractivity contribution in [1.82, 2.24) is 5.32 Å². The van der Waals surface area contributed by atoms with Crippen molar-refractivity contribution in [2.24, 2.45) is 5.92 Å². The molecule has 1 aliphatic heterocycles. The fourth-order valence-electron chi connectivity index (χ4n) is 2.58. The van der Waals surface area contributed by atoms with Crippen molar-refractivity contribution in [3.8, 4) is 11.5 Å². The van der Waals surface area contributed by atoms with Crippen LogP contribution in [0.3, 0.4) is 0 Å². The van der Waals surface area contributed by atoms with E-state index in [9.17, 15) is 4.79 Å². The van der Waals surface area contributed by atoms with Crippen LogP contribution in [-0.4, -0.2) is 31.2 Å². The van der Waals surface area contributed by atoms with Gasteiger partial charge in [-0.05, 0) is 44.7 Å². The molecule has 21 heavy (non-hydrogen) atoms. The summed E-state index contributed by atoms with van der Waals surface area (Å²) in [5.74, 6) is 2.07. The molecule has 0 bridgehead atoms. The highest BCUT2D eigenvalue weighted by Crippen LogP contribution is 2.39. The topological polar surface area (TPSA) is 59.6 Å². The number of carbonyl (C=O) groups excluding carboxylic acids is 1. The number of hydrogen-bond acceptors (Lipinski definition) is 4. The lowest BCUT2D eigenvalue weighted by molar-refractivity contribution is -0.115. The third-order valence-corrected chi connectivity index (χ3v) is 4.13. The Balaban J connectivity index is 1.54. The van der Waals surface area contributed by atoms with Crippen LogP contribution in [0.5, 0.6) is 11.5 Å². The molecule has 0 unspecified atom stereocenters. The van der Waals surface area contributed by atoms with Crippen molar-refractivity contribution >= 4 is 11.6 Å². The molecule has 1 aromatic rings. The summed E-state index contributed by atoms with van der Waals surface area (Å²) in [7, 11) is 0. The van der Waals surface area contributed by atoms with Crippen LogP contribution < -0.4 is 20.1 Å². The maximum atomic E-state index is 12.0. The number of rotatable bonds is 5. The van der Waals surface area contributed by atoms with E-state index in [0.717, 1.165) is 11.4 Å². The Kier molecular flexibility index (Phi) is 3.76. The van der Waals surface area contributed by atoms with Gasteiger partial charge in [-0.3, -0.25) is 4.79 Å². The molecule has 2 aliphatic rings. The second kappa shape index (κ2) is 5.56. The number of ether oxygens (including phenoxy) is 2. The molecule has 2 N–H and O–H groups in total. The number of benzene rings is 1. The molecule has 1 amide bonds. The maximum absolute atomic E-state index is 12.0. The van der Waals surface area contributed by atoms with E-state index in [1.165, 1.54) is 12.8 Å². The van der Waals surface area contributed by atoms with Gasteiger partial charge in [-0.15, -0.1) is 0 Å². The number of anilines is 1. The summed E-state index contributed by atoms with van der Waals surface area (Å²) < 4.78 is 11.0. The van der Waals surface area contributed by atoms with Gasteiger partial charge in [-0.1, -0.05) is 0 Å². The van der Waals surface area contributed by atoms with Crippen LogP contribution in [0.2, 0.25) is 0 Å². The lowest BCUT2D eigenvalue weighted by Gasteiger charge is -2.26. The Hall–Kier alpha value is -1.75. The number of carbonyl (C=O) groups is 1. The van der Waals surface area contributed by atoms with Crippen LogP contribution in [0.15, 0.2) is 18.2 Å². The molecule has 1 saturated carbocycles. The van der Waals surface area contributed by atoms with Crippen LogP contribution in [0.25, 0.3) is 0 Å². The van der Waals surface area contributed by atoms with Gasteiger partial charge in [0.2, 0.25) is 5.91 Å². The Labute approximate surface area is 125 Å². The summed E-state index contributed by atoms with van der Waals surface area (Å²) in [4.78, 5) is 12.0. The molecule has 5 heteroatoms. The number of nitrogens with one attached hydrogen (secondary N) is 2. The lowest BCUT2D eigenvalue weighted by atomic mass is 9.99. The molecule has 5 nitrogen and oxygen atoms in total. The highest BCUT2D eigenvalue weighted by molar-refractivity contribution is 5.92. The zero-order valence-electron chi connectivity index (χ0n) is 12.6. The fourth-order valence-corrected chi connectivity index (χ4v) is 2.58. The first-order valence-corrected chi connectivity index (χ1v) is 7.49. The molecular weight excluding hydrogens is 268 g/mol. The second-order valence-corrected chi connectivity index (χ2v) is 6.26. The van der Waals surface area contributed by atoms with E-state index in [1.54, 1.807) is 6.07 Å². The Morgan fingerprint density at radius 2 is 1.95 bits per heavy atom. The molecule has 1 aliphatic carbocycles. The van der Waals surface area contributed by atoms with Gasteiger partial charge in [-0.25, -0.2) is 0 Å². The molecule has 0 saturated heterocycles. The largest absolute Gasteiger partial charge is 0.486 e. The molecule has 3 rings (SSSR count). The van der Waals surface area contributed by atoms with Gasteiger partial charge in [-0.2, -0.15) is 0 Å². The molecule has 1 aromatic carbocycles. The molecule has 1 heterocycles. The first-order valence-electron chi connectivity index (χ1n) is 7.49. The summed E-state index contributed by atoms with van der Waals surface area (Å²) in [6, 6.07) is 5.46. The van der Waals surface area contributed by atoms with E-state index in [4.69, 9.17) is 9.47 Å². The predicted molar refractivity (Wildman–Crippen MR) is 80.9 cm³/mol. The molecule has 0 spiro atoms. The molecule has 1 fully saturated rings. The van der Waals surface area contributed by atoms with Crippen LogP contribution in [-0.2, 0) is 4.79 Å². The SMILES string of the molecule is CC(C)(NCC(=O)Nc1ccc2c(c1)OCCO2)C1CC1. The molecule has 114 valence electrons. The fraction of sp³-hybridized carbons (Fsp3) is 0.562. The molecule has 0 radical (unpaired) electrons. The van der Waals surface area contributed by atoms with Crippen molar-refractivity contribution in [3.63, 3.8) is 0 Å². The summed E-state index contributed by atoms with van der Waals surface area (Å²) in [5.41, 5.74) is 0.764. The average Bonchev–Trinajstić information content (AvgIpc) is 3.30. The normalized spacial score (nSPS) is 17.4. The predicted octanol–water partition coefficient (Wildman–Crippen LogP) is 2.17. The van der Waals surface area contributed by atoms with Crippen molar-refractivity contribution < 1.29 is 14.3 Å². The van der Waals surface area contributed by atoms with Crippen molar-refractivity contribution in [2.45, 2.75) is 32.2 Å². The maximum Gasteiger partial charge on any atom is 0.238 e. The van der Waals surface area contributed by atoms with Gasteiger partial charge in [0, 0.05) is 17.3 Å².